The Bertz CT molecular complexity index is 121. The topological polar surface area (TPSA) is 40.5 Å². The van der Waals surface area contributed by atoms with Gasteiger partial charge in [0.15, 0.2) is 0 Å². The highest BCUT2D eigenvalue weighted by molar-refractivity contribution is 5.80. The molecule has 1 unspecified atom stereocenters. The first-order valence-corrected chi connectivity index (χ1v) is 3.41. The number of amides is 1. The minimum absolute atomic E-state index is 0.155. The number of hydrogen-bond acceptors (Lipinski definition) is 2. The monoisotopic (exact) mass is 145 g/mol. The van der Waals surface area contributed by atoms with Gasteiger partial charge in [0.2, 0.25) is 0 Å². The van der Waals surface area contributed by atoms with Gasteiger partial charge in [0.05, 0.1) is 0 Å². The molecule has 0 aromatic rings. The number of aliphatic hydroxyl groups excluding tert-OH is 1. The van der Waals surface area contributed by atoms with Crippen LogP contribution in [0.25, 0.3) is 0 Å². The number of nitrogens with zero attached hydrogens (tertiary/aromatic N) is 1. The lowest BCUT2D eigenvalue weighted by molar-refractivity contribution is -0.139. The van der Waals surface area contributed by atoms with Crippen LogP contribution in [0.5, 0.6) is 0 Å². The van der Waals surface area contributed by atoms with Crippen molar-refractivity contribution in [1.82, 2.24) is 4.90 Å². The van der Waals surface area contributed by atoms with E-state index in [9.17, 15) is 4.79 Å². The van der Waals surface area contributed by atoms with Gasteiger partial charge >= 0.3 is 0 Å². The first-order valence-electron chi connectivity index (χ1n) is 3.41. The molecule has 0 saturated carbocycles. The van der Waals surface area contributed by atoms with Gasteiger partial charge in [-0.1, -0.05) is 0 Å². The molecule has 1 atom stereocenters. The van der Waals surface area contributed by atoms with Gasteiger partial charge in [0, 0.05) is 13.1 Å². The molecule has 0 aliphatic rings. The van der Waals surface area contributed by atoms with Crippen LogP contribution in [0, 0.1) is 0 Å². The highest BCUT2D eigenvalue weighted by Gasteiger charge is 2.15. The summed E-state index contributed by atoms with van der Waals surface area (Å²) in [6.45, 7) is 5.28. The number of aliphatic hydroxyl groups is 1. The molecule has 0 radical (unpaired) electrons. The number of carbonyl (C=O) groups is 1. The van der Waals surface area contributed by atoms with Crippen molar-refractivity contribution in [3.8, 4) is 0 Å². The average molecular weight is 145 g/mol. The summed E-state index contributed by atoms with van der Waals surface area (Å²) in [6, 6.07) is 0.155. The third kappa shape index (κ3) is 2.35. The van der Waals surface area contributed by atoms with Crippen molar-refractivity contribution in [2.75, 3.05) is 7.05 Å². The van der Waals surface area contributed by atoms with E-state index < -0.39 is 6.10 Å². The van der Waals surface area contributed by atoms with E-state index in [4.69, 9.17) is 5.11 Å². The van der Waals surface area contributed by atoms with E-state index in [2.05, 4.69) is 0 Å². The summed E-state index contributed by atoms with van der Waals surface area (Å²) in [4.78, 5) is 12.5. The summed E-state index contributed by atoms with van der Waals surface area (Å²) in [7, 11) is 1.68. The van der Waals surface area contributed by atoms with Crippen LogP contribution in [-0.4, -0.2) is 35.1 Å². The fourth-order valence-electron chi connectivity index (χ4n) is 0.549. The van der Waals surface area contributed by atoms with Crippen molar-refractivity contribution in [3.63, 3.8) is 0 Å². The van der Waals surface area contributed by atoms with Gasteiger partial charge in [0.1, 0.15) is 6.10 Å². The predicted octanol–water partition coefficient (Wildman–Crippen LogP) is 0.234. The van der Waals surface area contributed by atoms with Crippen LogP contribution < -0.4 is 0 Å². The van der Waals surface area contributed by atoms with E-state index >= 15 is 0 Å². The lowest BCUT2D eigenvalue weighted by atomic mass is 10.3. The molecule has 0 fully saturated rings. The standard InChI is InChI=1S/C7H15NO2/c1-5(2)8(4)7(10)6(3)9/h5-6,9H,1-4H3. The second-order valence-corrected chi connectivity index (χ2v) is 2.72. The van der Waals surface area contributed by atoms with Gasteiger partial charge in [-0.25, -0.2) is 0 Å². The summed E-state index contributed by atoms with van der Waals surface area (Å²) in [5.41, 5.74) is 0. The first-order chi connectivity index (χ1) is 4.46. The highest BCUT2D eigenvalue weighted by Crippen LogP contribution is 1.96. The van der Waals surface area contributed by atoms with Gasteiger partial charge in [-0.3, -0.25) is 4.79 Å². The Labute approximate surface area is 61.6 Å². The zero-order valence-electron chi connectivity index (χ0n) is 6.96. The third-order valence-corrected chi connectivity index (χ3v) is 1.48. The van der Waals surface area contributed by atoms with Crippen LogP contribution in [0.3, 0.4) is 0 Å². The van der Waals surface area contributed by atoms with E-state index in [1.165, 1.54) is 11.8 Å². The Hall–Kier alpha value is -0.570. The van der Waals surface area contributed by atoms with E-state index in [-0.39, 0.29) is 11.9 Å². The van der Waals surface area contributed by atoms with Crippen molar-refractivity contribution in [3.05, 3.63) is 0 Å². The molecule has 0 aliphatic carbocycles. The molecule has 3 nitrogen and oxygen atoms in total. The molecular formula is C7H15NO2. The molecule has 0 rings (SSSR count). The normalized spacial score (nSPS) is 13.4. The fourth-order valence-corrected chi connectivity index (χ4v) is 0.549. The van der Waals surface area contributed by atoms with E-state index in [0.29, 0.717) is 0 Å². The Kier molecular flexibility index (Phi) is 3.36. The number of rotatable bonds is 2. The maximum atomic E-state index is 11.0. The minimum Gasteiger partial charge on any atom is -0.384 e. The van der Waals surface area contributed by atoms with E-state index in [1.807, 2.05) is 13.8 Å². The molecule has 0 aliphatic heterocycles. The quantitative estimate of drug-likeness (QED) is 0.604. The Morgan fingerprint density at radius 2 is 1.80 bits per heavy atom. The summed E-state index contributed by atoms with van der Waals surface area (Å²) in [6.07, 6.45) is -0.882. The zero-order valence-corrected chi connectivity index (χ0v) is 6.96. The molecule has 0 heterocycles. The first kappa shape index (κ1) is 9.43. The van der Waals surface area contributed by atoms with Crippen LogP contribution >= 0.6 is 0 Å². The molecule has 10 heavy (non-hydrogen) atoms. The number of likely N-dealkylation sites (N-methyl/N-ethyl adjacent to an activating group) is 1. The number of hydrogen-bond donors (Lipinski definition) is 1. The Morgan fingerprint density at radius 3 is 1.90 bits per heavy atom. The molecule has 0 aromatic heterocycles. The van der Waals surface area contributed by atoms with Crippen molar-refractivity contribution >= 4 is 5.91 Å². The molecule has 1 amide bonds. The SMILES string of the molecule is CC(O)C(=O)N(C)C(C)C. The second kappa shape index (κ2) is 3.56. The molecular weight excluding hydrogens is 130 g/mol. The minimum atomic E-state index is -0.882. The van der Waals surface area contributed by atoms with E-state index in [1.54, 1.807) is 7.05 Å². The predicted molar refractivity (Wildman–Crippen MR) is 39.6 cm³/mol. The lowest BCUT2D eigenvalue weighted by Gasteiger charge is -2.22. The van der Waals surface area contributed by atoms with Gasteiger partial charge in [-0.05, 0) is 20.8 Å². The van der Waals surface area contributed by atoms with Gasteiger partial charge in [-0.2, -0.15) is 0 Å². The zero-order chi connectivity index (χ0) is 8.31. The van der Waals surface area contributed by atoms with E-state index in [0.717, 1.165) is 0 Å². The molecule has 0 bridgehead atoms. The van der Waals surface area contributed by atoms with Crippen molar-refractivity contribution in [2.45, 2.75) is 32.9 Å². The second-order valence-electron chi connectivity index (χ2n) is 2.72. The van der Waals surface area contributed by atoms with Gasteiger partial charge < -0.3 is 10.0 Å². The Morgan fingerprint density at radius 1 is 1.40 bits per heavy atom. The van der Waals surface area contributed by atoms with Crippen LogP contribution in [0.15, 0.2) is 0 Å². The number of carbonyl (C=O) groups excluding carboxylic acids is 1. The lowest BCUT2D eigenvalue weighted by Crippen LogP contribution is -2.39. The van der Waals surface area contributed by atoms with Crippen molar-refractivity contribution in [1.29, 1.82) is 0 Å². The summed E-state index contributed by atoms with van der Waals surface area (Å²) >= 11 is 0. The van der Waals surface area contributed by atoms with Crippen LogP contribution in [0.2, 0.25) is 0 Å². The third-order valence-electron chi connectivity index (χ3n) is 1.48. The molecule has 0 saturated heterocycles. The molecule has 1 N–H and O–H groups in total. The maximum absolute atomic E-state index is 11.0. The van der Waals surface area contributed by atoms with Crippen LogP contribution in [0.4, 0.5) is 0 Å². The average Bonchev–Trinajstić information content (AvgIpc) is 1.84. The fraction of sp³-hybridized carbons (Fsp3) is 0.857. The summed E-state index contributed by atoms with van der Waals surface area (Å²) in [5.74, 6) is -0.227. The highest BCUT2D eigenvalue weighted by atomic mass is 16.3. The molecule has 0 aromatic carbocycles. The largest absolute Gasteiger partial charge is 0.384 e. The summed E-state index contributed by atoms with van der Waals surface area (Å²) < 4.78 is 0. The molecule has 60 valence electrons. The van der Waals surface area contributed by atoms with Crippen molar-refractivity contribution in [2.24, 2.45) is 0 Å². The van der Waals surface area contributed by atoms with Crippen molar-refractivity contribution < 1.29 is 9.90 Å². The van der Waals surface area contributed by atoms with Crippen LogP contribution in [0.1, 0.15) is 20.8 Å². The van der Waals surface area contributed by atoms with Crippen LogP contribution in [-0.2, 0) is 4.79 Å². The molecule has 3 heteroatoms. The van der Waals surface area contributed by atoms with Gasteiger partial charge in [0.25, 0.3) is 5.91 Å². The smallest absolute Gasteiger partial charge is 0.251 e. The summed E-state index contributed by atoms with van der Waals surface area (Å²) in [5, 5.41) is 8.85. The maximum Gasteiger partial charge on any atom is 0.251 e. The Balaban J connectivity index is 3.95. The van der Waals surface area contributed by atoms with Gasteiger partial charge in [-0.15, -0.1) is 0 Å². The molecule has 0 spiro atoms.